The second-order valence-electron chi connectivity index (χ2n) is 4.40. The van der Waals surface area contributed by atoms with E-state index < -0.39 is 10.2 Å². The predicted octanol–water partition coefficient (Wildman–Crippen LogP) is 1.57. The molecule has 1 saturated heterocycles. The van der Waals surface area contributed by atoms with Gasteiger partial charge in [0.2, 0.25) is 0 Å². The Morgan fingerprint density at radius 2 is 1.94 bits per heavy atom. The van der Waals surface area contributed by atoms with E-state index in [0.717, 1.165) is 25.7 Å². The summed E-state index contributed by atoms with van der Waals surface area (Å²) in [7, 11) is -3.26. The maximum absolute atomic E-state index is 11.9. The SMILES string of the molecule is CC(CCCl)CNS(=O)(=O)N1CCCCC1. The van der Waals surface area contributed by atoms with E-state index >= 15 is 0 Å². The van der Waals surface area contributed by atoms with Gasteiger partial charge in [-0.15, -0.1) is 11.6 Å². The van der Waals surface area contributed by atoms with Crippen molar-refractivity contribution < 1.29 is 8.42 Å². The van der Waals surface area contributed by atoms with E-state index in [4.69, 9.17) is 11.6 Å². The molecule has 96 valence electrons. The topological polar surface area (TPSA) is 49.4 Å². The van der Waals surface area contributed by atoms with Crippen LogP contribution in [0.25, 0.3) is 0 Å². The molecule has 0 aromatic rings. The van der Waals surface area contributed by atoms with Crippen LogP contribution in [0.3, 0.4) is 0 Å². The minimum absolute atomic E-state index is 0.289. The largest absolute Gasteiger partial charge is 0.279 e. The molecule has 0 bridgehead atoms. The van der Waals surface area contributed by atoms with Crippen molar-refractivity contribution >= 4 is 21.8 Å². The minimum Gasteiger partial charge on any atom is -0.202 e. The molecular formula is C10H21ClN2O2S. The second-order valence-corrected chi connectivity index (χ2v) is 6.53. The van der Waals surface area contributed by atoms with Gasteiger partial charge in [0.1, 0.15) is 0 Å². The van der Waals surface area contributed by atoms with Gasteiger partial charge in [-0.3, -0.25) is 0 Å². The predicted molar refractivity (Wildman–Crippen MR) is 66.8 cm³/mol. The normalized spacial score (nSPS) is 20.9. The van der Waals surface area contributed by atoms with Crippen LogP contribution in [0, 0.1) is 5.92 Å². The first-order valence-electron chi connectivity index (χ1n) is 5.87. The monoisotopic (exact) mass is 268 g/mol. The first kappa shape index (κ1) is 14.2. The number of piperidine rings is 1. The van der Waals surface area contributed by atoms with Crippen molar-refractivity contribution in [2.45, 2.75) is 32.6 Å². The van der Waals surface area contributed by atoms with E-state index in [1.807, 2.05) is 6.92 Å². The van der Waals surface area contributed by atoms with Gasteiger partial charge in [-0.25, -0.2) is 4.72 Å². The first-order valence-corrected chi connectivity index (χ1v) is 7.84. The van der Waals surface area contributed by atoms with E-state index in [1.165, 1.54) is 0 Å². The first-order chi connectivity index (χ1) is 7.56. The Balaban J connectivity index is 2.38. The Hall–Kier alpha value is 0.160. The molecule has 0 aromatic heterocycles. The molecule has 16 heavy (non-hydrogen) atoms. The third-order valence-electron chi connectivity index (χ3n) is 2.87. The van der Waals surface area contributed by atoms with E-state index in [9.17, 15) is 8.42 Å². The quantitative estimate of drug-likeness (QED) is 0.744. The van der Waals surface area contributed by atoms with E-state index in [1.54, 1.807) is 4.31 Å². The fourth-order valence-corrected chi connectivity index (χ4v) is 3.52. The van der Waals surface area contributed by atoms with Gasteiger partial charge in [0.15, 0.2) is 0 Å². The summed E-state index contributed by atoms with van der Waals surface area (Å²) in [5.41, 5.74) is 0. The van der Waals surface area contributed by atoms with Crippen molar-refractivity contribution in [3.8, 4) is 0 Å². The fraction of sp³-hybridized carbons (Fsp3) is 1.00. The molecule has 1 fully saturated rings. The summed E-state index contributed by atoms with van der Waals surface area (Å²) in [5, 5.41) is 0. The van der Waals surface area contributed by atoms with Gasteiger partial charge in [-0.05, 0) is 25.2 Å². The van der Waals surface area contributed by atoms with E-state index in [2.05, 4.69) is 4.72 Å². The van der Waals surface area contributed by atoms with Gasteiger partial charge in [-0.1, -0.05) is 13.3 Å². The molecule has 1 aliphatic heterocycles. The highest BCUT2D eigenvalue weighted by atomic mass is 35.5. The molecule has 1 aliphatic rings. The molecule has 0 saturated carbocycles. The standard InChI is InChI=1S/C10H21ClN2O2S/c1-10(5-6-11)9-12-16(14,15)13-7-3-2-4-8-13/h10,12H,2-9H2,1H3. The van der Waals surface area contributed by atoms with Crippen LogP contribution in [-0.2, 0) is 10.2 Å². The van der Waals surface area contributed by atoms with Crippen molar-refractivity contribution in [3.63, 3.8) is 0 Å². The van der Waals surface area contributed by atoms with Crippen LogP contribution in [0.5, 0.6) is 0 Å². The molecule has 0 aliphatic carbocycles. The summed E-state index contributed by atoms with van der Waals surface area (Å²) in [4.78, 5) is 0. The van der Waals surface area contributed by atoms with Gasteiger partial charge >= 0.3 is 0 Å². The molecule has 4 nitrogen and oxygen atoms in total. The van der Waals surface area contributed by atoms with E-state index in [0.29, 0.717) is 25.5 Å². The van der Waals surface area contributed by atoms with Crippen molar-refractivity contribution in [2.24, 2.45) is 5.92 Å². The minimum atomic E-state index is -3.26. The third-order valence-corrected chi connectivity index (χ3v) is 4.67. The molecule has 0 aromatic carbocycles. The number of nitrogens with zero attached hydrogens (tertiary/aromatic N) is 1. The lowest BCUT2D eigenvalue weighted by molar-refractivity contribution is 0.339. The molecule has 1 atom stereocenters. The number of halogens is 1. The molecule has 6 heteroatoms. The molecule has 0 radical (unpaired) electrons. The van der Waals surface area contributed by atoms with Crippen LogP contribution in [0.15, 0.2) is 0 Å². The number of hydrogen-bond acceptors (Lipinski definition) is 2. The zero-order valence-electron chi connectivity index (χ0n) is 9.78. The Morgan fingerprint density at radius 1 is 1.31 bits per heavy atom. The lowest BCUT2D eigenvalue weighted by atomic mass is 10.1. The maximum Gasteiger partial charge on any atom is 0.279 e. The number of alkyl halides is 1. The Kier molecular flexibility index (Phi) is 6.03. The number of rotatable bonds is 6. The van der Waals surface area contributed by atoms with Gasteiger partial charge in [0.25, 0.3) is 10.2 Å². The lowest BCUT2D eigenvalue weighted by Gasteiger charge is -2.26. The summed E-state index contributed by atoms with van der Waals surface area (Å²) in [6.45, 7) is 3.78. The average Bonchev–Trinajstić information content (AvgIpc) is 2.28. The van der Waals surface area contributed by atoms with Crippen LogP contribution >= 0.6 is 11.6 Å². The highest BCUT2D eigenvalue weighted by molar-refractivity contribution is 7.87. The summed E-state index contributed by atoms with van der Waals surface area (Å²) in [6, 6.07) is 0. The van der Waals surface area contributed by atoms with Crippen molar-refractivity contribution in [3.05, 3.63) is 0 Å². The molecule has 1 heterocycles. The van der Waals surface area contributed by atoms with E-state index in [-0.39, 0.29) is 5.92 Å². The van der Waals surface area contributed by atoms with Crippen molar-refractivity contribution in [2.75, 3.05) is 25.5 Å². The van der Waals surface area contributed by atoms with Crippen LogP contribution < -0.4 is 4.72 Å². The van der Waals surface area contributed by atoms with Crippen LogP contribution in [-0.4, -0.2) is 38.2 Å². The van der Waals surface area contributed by atoms with Gasteiger partial charge < -0.3 is 0 Å². The number of nitrogens with one attached hydrogen (secondary N) is 1. The van der Waals surface area contributed by atoms with Gasteiger partial charge in [0.05, 0.1) is 0 Å². The summed E-state index contributed by atoms with van der Waals surface area (Å²) < 4.78 is 28.0. The fourth-order valence-electron chi connectivity index (χ4n) is 1.73. The molecular weight excluding hydrogens is 248 g/mol. The molecule has 0 spiro atoms. The van der Waals surface area contributed by atoms with Crippen molar-refractivity contribution in [1.82, 2.24) is 9.03 Å². The van der Waals surface area contributed by atoms with Crippen LogP contribution in [0.2, 0.25) is 0 Å². The highest BCUT2D eigenvalue weighted by Crippen LogP contribution is 2.12. The van der Waals surface area contributed by atoms with Crippen LogP contribution in [0.1, 0.15) is 32.6 Å². The summed E-state index contributed by atoms with van der Waals surface area (Å²) in [5.74, 6) is 0.865. The molecule has 0 amide bonds. The lowest BCUT2D eigenvalue weighted by Crippen LogP contribution is -2.44. The molecule has 1 unspecified atom stereocenters. The Bertz CT molecular complexity index is 289. The Labute approximate surface area is 104 Å². The third kappa shape index (κ3) is 4.57. The summed E-state index contributed by atoms with van der Waals surface area (Å²) in [6.07, 6.45) is 3.91. The Morgan fingerprint density at radius 3 is 2.50 bits per heavy atom. The van der Waals surface area contributed by atoms with Crippen LogP contribution in [0.4, 0.5) is 0 Å². The zero-order valence-corrected chi connectivity index (χ0v) is 11.4. The maximum atomic E-state index is 11.9. The second kappa shape index (κ2) is 6.79. The number of hydrogen-bond donors (Lipinski definition) is 1. The van der Waals surface area contributed by atoms with Gasteiger partial charge in [-0.2, -0.15) is 12.7 Å². The van der Waals surface area contributed by atoms with Gasteiger partial charge in [0, 0.05) is 25.5 Å². The summed E-state index contributed by atoms with van der Waals surface area (Å²) >= 11 is 5.61. The zero-order chi connectivity index (χ0) is 12.0. The highest BCUT2D eigenvalue weighted by Gasteiger charge is 2.23. The smallest absolute Gasteiger partial charge is 0.202 e. The van der Waals surface area contributed by atoms with Crippen molar-refractivity contribution in [1.29, 1.82) is 0 Å². The molecule has 1 N–H and O–H groups in total. The molecule has 1 rings (SSSR count). The average molecular weight is 269 g/mol.